The molecule has 1 amide bonds. The van der Waals surface area contributed by atoms with E-state index in [1.807, 2.05) is 81.4 Å². The van der Waals surface area contributed by atoms with Gasteiger partial charge < -0.3 is 15.2 Å². The Labute approximate surface area is 198 Å². The Hall–Kier alpha value is -2.25. The molecule has 0 bridgehead atoms. The fourth-order valence-electron chi connectivity index (χ4n) is 4.12. The third kappa shape index (κ3) is 8.55. The molecule has 1 saturated heterocycles. The number of β-amino-alcohol motifs (C(OH)–C–C–N with tert-alkyl or cyclic N) is 1. The largest absolute Gasteiger partial charge is 0.389 e. The number of nitrogens with one attached hydrogen (secondary N) is 1. The Bertz CT molecular complexity index is 791. The molecule has 0 aliphatic carbocycles. The van der Waals surface area contributed by atoms with Crippen LogP contribution < -0.4 is 5.32 Å². The highest BCUT2D eigenvalue weighted by atomic mass is 16.5. The molecule has 2 aromatic rings. The minimum absolute atomic E-state index is 0.0352. The molecule has 0 unspecified atom stereocenters. The van der Waals surface area contributed by atoms with Gasteiger partial charge in [-0.1, -0.05) is 60.7 Å². The Balaban J connectivity index is 1.42. The van der Waals surface area contributed by atoms with Crippen molar-refractivity contribution >= 4 is 5.91 Å². The van der Waals surface area contributed by atoms with Crippen LogP contribution >= 0.6 is 0 Å². The minimum atomic E-state index is -0.469. The fourth-order valence-corrected chi connectivity index (χ4v) is 4.12. The first-order valence-electron chi connectivity index (χ1n) is 12.0. The van der Waals surface area contributed by atoms with Crippen molar-refractivity contribution in [1.82, 2.24) is 15.1 Å². The Morgan fingerprint density at radius 1 is 0.939 bits per heavy atom. The average Bonchev–Trinajstić information content (AvgIpc) is 2.80. The molecule has 0 radical (unpaired) electrons. The van der Waals surface area contributed by atoms with Gasteiger partial charge in [0.2, 0.25) is 5.91 Å². The van der Waals surface area contributed by atoms with Crippen molar-refractivity contribution in [3.05, 3.63) is 71.8 Å². The summed E-state index contributed by atoms with van der Waals surface area (Å²) in [5.41, 5.74) is 1.78. The van der Waals surface area contributed by atoms with Crippen molar-refractivity contribution in [1.29, 1.82) is 0 Å². The van der Waals surface area contributed by atoms with Gasteiger partial charge in [-0.05, 0) is 31.9 Å². The number of aliphatic hydroxyl groups excluding tert-OH is 1. The standard InChI is InChI=1S/C27H39N3O3/c1-27(2,3)33-21-24(31)20-30-18-16-29(17-19-30)15-14-28-26(32)25(22-10-6-4-7-11-22)23-12-8-5-9-13-23/h4-13,24-25,31H,14-21H2,1-3H3,(H,28,32)/t24-/m0/s1. The molecule has 3 rings (SSSR count). The van der Waals surface area contributed by atoms with Crippen molar-refractivity contribution in [3.8, 4) is 0 Å². The second-order valence-corrected chi connectivity index (χ2v) is 9.76. The lowest BCUT2D eigenvalue weighted by Gasteiger charge is -2.36. The van der Waals surface area contributed by atoms with Gasteiger partial charge in [0, 0.05) is 45.8 Å². The first kappa shape index (κ1) is 25.4. The lowest BCUT2D eigenvalue weighted by atomic mass is 9.90. The van der Waals surface area contributed by atoms with E-state index in [-0.39, 0.29) is 17.4 Å². The SMILES string of the molecule is CC(C)(C)OC[C@@H](O)CN1CCN(CCNC(=O)C(c2ccccc2)c2ccccc2)CC1. The predicted octanol–water partition coefficient (Wildman–Crippen LogP) is 2.73. The summed E-state index contributed by atoms with van der Waals surface area (Å²) in [7, 11) is 0. The smallest absolute Gasteiger partial charge is 0.232 e. The van der Waals surface area contributed by atoms with Gasteiger partial charge in [0.1, 0.15) is 0 Å². The van der Waals surface area contributed by atoms with Crippen molar-refractivity contribution < 1.29 is 14.6 Å². The van der Waals surface area contributed by atoms with E-state index in [0.29, 0.717) is 19.7 Å². The van der Waals surface area contributed by atoms with E-state index < -0.39 is 6.10 Å². The van der Waals surface area contributed by atoms with Crippen LogP contribution in [0.25, 0.3) is 0 Å². The molecular formula is C27H39N3O3. The monoisotopic (exact) mass is 453 g/mol. The third-order valence-corrected chi connectivity index (χ3v) is 5.90. The summed E-state index contributed by atoms with van der Waals surface area (Å²) in [4.78, 5) is 17.8. The van der Waals surface area contributed by atoms with Gasteiger partial charge in [-0.25, -0.2) is 0 Å². The fraction of sp³-hybridized carbons (Fsp3) is 0.519. The van der Waals surface area contributed by atoms with Crippen molar-refractivity contribution in [2.45, 2.75) is 38.4 Å². The second-order valence-electron chi connectivity index (χ2n) is 9.76. The summed E-state index contributed by atoms with van der Waals surface area (Å²) in [5.74, 6) is -0.269. The molecule has 1 aliphatic rings. The van der Waals surface area contributed by atoms with Crippen LogP contribution in [0.2, 0.25) is 0 Å². The number of benzene rings is 2. The van der Waals surface area contributed by atoms with E-state index in [2.05, 4.69) is 15.1 Å². The van der Waals surface area contributed by atoms with E-state index in [1.54, 1.807) is 0 Å². The maximum absolute atomic E-state index is 13.1. The highest BCUT2D eigenvalue weighted by Crippen LogP contribution is 2.24. The maximum atomic E-state index is 13.1. The molecule has 1 heterocycles. The zero-order chi connectivity index (χ0) is 23.7. The molecular weight excluding hydrogens is 414 g/mol. The first-order valence-corrected chi connectivity index (χ1v) is 12.0. The van der Waals surface area contributed by atoms with Crippen LogP contribution in [-0.2, 0) is 9.53 Å². The Kier molecular flexibility index (Phi) is 9.44. The van der Waals surface area contributed by atoms with Gasteiger partial charge in [0.25, 0.3) is 0 Å². The number of rotatable bonds is 10. The Morgan fingerprint density at radius 3 is 1.97 bits per heavy atom. The molecule has 180 valence electrons. The maximum Gasteiger partial charge on any atom is 0.232 e. The normalized spacial score (nSPS) is 16.6. The summed E-state index contributed by atoms with van der Waals surface area (Å²) in [6, 6.07) is 19.9. The molecule has 0 saturated carbocycles. The van der Waals surface area contributed by atoms with E-state index in [9.17, 15) is 9.90 Å². The van der Waals surface area contributed by atoms with Gasteiger partial charge in [-0.15, -0.1) is 0 Å². The van der Waals surface area contributed by atoms with E-state index in [4.69, 9.17) is 4.74 Å². The summed E-state index contributed by atoms with van der Waals surface area (Å²) in [6.45, 7) is 12.1. The van der Waals surface area contributed by atoms with Crippen LogP contribution in [0.1, 0.15) is 37.8 Å². The molecule has 0 aromatic heterocycles. The second kappa shape index (κ2) is 12.3. The molecule has 33 heavy (non-hydrogen) atoms. The van der Waals surface area contributed by atoms with Gasteiger partial charge in [0.05, 0.1) is 24.2 Å². The molecule has 2 N–H and O–H groups in total. The zero-order valence-electron chi connectivity index (χ0n) is 20.2. The number of carbonyl (C=O) groups is 1. The number of aliphatic hydroxyl groups is 1. The van der Waals surface area contributed by atoms with Gasteiger partial charge in [-0.3, -0.25) is 14.6 Å². The molecule has 6 nitrogen and oxygen atoms in total. The zero-order valence-corrected chi connectivity index (χ0v) is 20.2. The first-order chi connectivity index (χ1) is 15.8. The van der Waals surface area contributed by atoms with E-state index in [0.717, 1.165) is 43.9 Å². The predicted molar refractivity (Wildman–Crippen MR) is 132 cm³/mol. The number of hydrogen-bond acceptors (Lipinski definition) is 5. The average molecular weight is 454 g/mol. The Morgan fingerprint density at radius 2 is 1.45 bits per heavy atom. The van der Waals surface area contributed by atoms with E-state index >= 15 is 0 Å². The number of nitrogens with zero attached hydrogens (tertiary/aromatic N) is 2. The molecule has 6 heteroatoms. The van der Waals surface area contributed by atoms with Crippen LogP contribution in [0.5, 0.6) is 0 Å². The molecule has 1 atom stereocenters. The summed E-state index contributed by atoms with van der Waals surface area (Å²) < 4.78 is 5.69. The third-order valence-electron chi connectivity index (χ3n) is 5.90. The van der Waals surface area contributed by atoms with Gasteiger partial charge in [-0.2, -0.15) is 0 Å². The molecule has 1 aliphatic heterocycles. The van der Waals surface area contributed by atoms with Crippen LogP contribution in [0.15, 0.2) is 60.7 Å². The van der Waals surface area contributed by atoms with Crippen LogP contribution in [-0.4, -0.2) is 84.9 Å². The van der Waals surface area contributed by atoms with Gasteiger partial charge >= 0.3 is 0 Å². The van der Waals surface area contributed by atoms with Crippen molar-refractivity contribution in [2.24, 2.45) is 0 Å². The lowest BCUT2D eigenvalue weighted by molar-refractivity contribution is -0.121. The summed E-state index contributed by atoms with van der Waals surface area (Å²) in [5, 5.41) is 13.4. The van der Waals surface area contributed by atoms with Crippen molar-refractivity contribution in [3.63, 3.8) is 0 Å². The minimum Gasteiger partial charge on any atom is -0.389 e. The van der Waals surface area contributed by atoms with Crippen LogP contribution in [0.3, 0.4) is 0 Å². The quantitative estimate of drug-likeness (QED) is 0.579. The molecule has 0 spiro atoms. The van der Waals surface area contributed by atoms with Crippen LogP contribution in [0, 0.1) is 0 Å². The molecule has 2 aromatic carbocycles. The number of piperazine rings is 1. The van der Waals surface area contributed by atoms with E-state index in [1.165, 1.54) is 0 Å². The number of ether oxygens (including phenoxy) is 1. The van der Waals surface area contributed by atoms with Gasteiger partial charge in [0.15, 0.2) is 0 Å². The van der Waals surface area contributed by atoms with Crippen LogP contribution in [0.4, 0.5) is 0 Å². The number of amides is 1. The number of carbonyl (C=O) groups excluding carboxylic acids is 1. The molecule has 1 fully saturated rings. The lowest BCUT2D eigenvalue weighted by Crippen LogP contribution is -2.50. The summed E-state index contributed by atoms with van der Waals surface area (Å²) >= 11 is 0. The van der Waals surface area contributed by atoms with Crippen molar-refractivity contribution in [2.75, 3.05) is 52.4 Å². The highest BCUT2D eigenvalue weighted by Gasteiger charge is 2.23. The topological polar surface area (TPSA) is 65.0 Å². The summed E-state index contributed by atoms with van der Waals surface area (Å²) in [6.07, 6.45) is -0.469. The highest BCUT2D eigenvalue weighted by molar-refractivity contribution is 5.87. The number of hydrogen-bond donors (Lipinski definition) is 2.